The summed E-state index contributed by atoms with van der Waals surface area (Å²) in [5, 5.41) is 24.0. The molecule has 1 aromatic carbocycles. The topological polar surface area (TPSA) is 132 Å². The van der Waals surface area contributed by atoms with Gasteiger partial charge in [-0.05, 0) is 24.3 Å². The second-order valence-electron chi connectivity index (χ2n) is 7.74. The molecule has 176 valence electrons. The summed E-state index contributed by atoms with van der Waals surface area (Å²) in [5.74, 6) is 0.0481. The average Bonchev–Trinajstić information content (AvgIpc) is 2.82. The fourth-order valence-corrected chi connectivity index (χ4v) is 3.91. The highest BCUT2D eigenvalue weighted by Crippen LogP contribution is 2.42. The molecule has 1 aliphatic heterocycles. The third kappa shape index (κ3) is 5.17. The van der Waals surface area contributed by atoms with Crippen molar-refractivity contribution in [3.63, 3.8) is 0 Å². The number of fused-ring (bicyclic) bond motifs is 1. The number of aryl methyl sites for hydroxylation is 1. The number of nitriles is 1. The van der Waals surface area contributed by atoms with Gasteiger partial charge in [0.1, 0.15) is 11.9 Å². The van der Waals surface area contributed by atoms with Crippen LogP contribution in [0.4, 0.5) is 5.69 Å². The molecule has 0 unspecified atom stereocenters. The predicted molar refractivity (Wildman–Crippen MR) is 118 cm³/mol. The highest BCUT2D eigenvalue weighted by atomic mass is 16.6. The number of methoxy groups -OCH3 is 3. The maximum atomic E-state index is 12.2. The highest BCUT2D eigenvalue weighted by Gasteiger charge is 2.50. The molecule has 1 aromatic heterocycles. The smallest absolute Gasteiger partial charge is 0.307 e. The van der Waals surface area contributed by atoms with Gasteiger partial charge in [0.25, 0.3) is 5.56 Å². The SMILES string of the molecule is COCC1(COC)Oc2ccc(C#N)cc2[C@@H](Nc2ccc(=O)n(CCC(=O)OC)c2)[C@@H]1O. The zero-order valence-corrected chi connectivity index (χ0v) is 18.7. The molecular weight excluding hydrogens is 430 g/mol. The van der Waals surface area contributed by atoms with E-state index in [0.29, 0.717) is 22.6 Å². The van der Waals surface area contributed by atoms with Crippen LogP contribution in [-0.4, -0.2) is 61.9 Å². The van der Waals surface area contributed by atoms with E-state index in [-0.39, 0.29) is 31.7 Å². The number of pyridine rings is 1. The Kier molecular flexibility index (Phi) is 7.71. The molecule has 10 heteroatoms. The summed E-state index contributed by atoms with van der Waals surface area (Å²) in [6.07, 6.45) is 0.475. The van der Waals surface area contributed by atoms with Crippen molar-refractivity contribution in [3.05, 3.63) is 58.0 Å². The first kappa shape index (κ1) is 24.3. The number of benzene rings is 1. The van der Waals surface area contributed by atoms with E-state index < -0.39 is 23.7 Å². The normalized spacial score (nSPS) is 18.5. The van der Waals surface area contributed by atoms with Crippen molar-refractivity contribution in [2.75, 3.05) is 39.9 Å². The van der Waals surface area contributed by atoms with Crippen LogP contribution >= 0.6 is 0 Å². The van der Waals surface area contributed by atoms with E-state index in [2.05, 4.69) is 16.1 Å². The number of carbonyl (C=O) groups is 1. The number of nitrogens with zero attached hydrogens (tertiary/aromatic N) is 2. The molecule has 0 fully saturated rings. The molecule has 2 aromatic rings. The first-order valence-corrected chi connectivity index (χ1v) is 10.3. The van der Waals surface area contributed by atoms with Crippen molar-refractivity contribution < 1.29 is 28.8 Å². The number of aromatic nitrogens is 1. The minimum Gasteiger partial charge on any atom is -0.479 e. The standard InChI is InChI=1S/C23H27N3O7/c1-30-13-23(14-31-2)22(29)21(17-10-15(11-24)4-6-18(17)33-23)25-16-5-7-19(27)26(12-16)9-8-20(28)32-3/h4-7,10,12,21-22,25,29H,8-9,13-14H2,1-3H3/t21-,22+/m1/s1. The summed E-state index contributed by atoms with van der Waals surface area (Å²) < 4.78 is 22.8. The van der Waals surface area contributed by atoms with Gasteiger partial charge in [-0.1, -0.05) is 0 Å². The lowest BCUT2D eigenvalue weighted by molar-refractivity contribution is -0.142. The number of aliphatic hydroxyl groups is 1. The fraction of sp³-hybridized carbons (Fsp3) is 0.435. The van der Waals surface area contributed by atoms with Gasteiger partial charge in [0, 0.05) is 38.6 Å². The summed E-state index contributed by atoms with van der Waals surface area (Å²) in [7, 11) is 4.29. The van der Waals surface area contributed by atoms with Crippen LogP contribution in [0.3, 0.4) is 0 Å². The molecule has 2 heterocycles. The average molecular weight is 457 g/mol. The number of hydrogen-bond donors (Lipinski definition) is 2. The summed E-state index contributed by atoms with van der Waals surface area (Å²) in [6, 6.07) is 9.29. The number of rotatable bonds is 9. The van der Waals surface area contributed by atoms with Crippen LogP contribution in [0.1, 0.15) is 23.6 Å². The number of hydrogen-bond acceptors (Lipinski definition) is 9. The third-order valence-electron chi connectivity index (χ3n) is 5.51. The van der Waals surface area contributed by atoms with Crippen LogP contribution in [-0.2, 0) is 25.5 Å². The minimum absolute atomic E-state index is 0.0406. The van der Waals surface area contributed by atoms with Crippen LogP contribution in [0, 0.1) is 11.3 Å². The Morgan fingerprint density at radius 1 is 1.24 bits per heavy atom. The Balaban J connectivity index is 2.00. The van der Waals surface area contributed by atoms with E-state index in [0.717, 1.165) is 0 Å². The summed E-state index contributed by atoms with van der Waals surface area (Å²) in [5.41, 5.74) is 0.0311. The Bertz CT molecular complexity index is 1090. The minimum atomic E-state index is -1.21. The summed E-state index contributed by atoms with van der Waals surface area (Å²) in [6.45, 7) is 0.250. The van der Waals surface area contributed by atoms with Crippen molar-refractivity contribution in [3.8, 4) is 11.8 Å². The number of aliphatic hydroxyl groups excluding tert-OH is 1. The largest absolute Gasteiger partial charge is 0.479 e. The Morgan fingerprint density at radius 3 is 2.61 bits per heavy atom. The Hall–Kier alpha value is -3.39. The van der Waals surface area contributed by atoms with Gasteiger partial charge in [-0.25, -0.2) is 0 Å². The molecule has 10 nitrogen and oxygen atoms in total. The molecule has 0 aliphatic carbocycles. The molecule has 33 heavy (non-hydrogen) atoms. The van der Waals surface area contributed by atoms with Crippen LogP contribution in [0.15, 0.2) is 41.3 Å². The molecule has 0 bridgehead atoms. The quantitative estimate of drug-likeness (QED) is 0.533. The lowest BCUT2D eigenvalue weighted by Crippen LogP contribution is -2.60. The van der Waals surface area contributed by atoms with Crippen LogP contribution in [0.25, 0.3) is 0 Å². The maximum Gasteiger partial charge on any atom is 0.307 e. The van der Waals surface area contributed by atoms with Crippen molar-refractivity contribution in [1.29, 1.82) is 5.26 Å². The Labute approximate surface area is 191 Å². The van der Waals surface area contributed by atoms with E-state index in [9.17, 15) is 20.0 Å². The van der Waals surface area contributed by atoms with Gasteiger partial charge in [0.2, 0.25) is 0 Å². The van der Waals surface area contributed by atoms with Crippen LogP contribution in [0.2, 0.25) is 0 Å². The van der Waals surface area contributed by atoms with Crippen molar-refractivity contribution in [2.45, 2.75) is 30.7 Å². The fourth-order valence-electron chi connectivity index (χ4n) is 3.91. The van der Waals surface area contributed by atoms with E-state index in [1.54, 1.807) is 30.5 Å². The monoisotopic (exact) mass is 457 g/mol. The van der Waals surface area contributed by atoms with Gasteiger partial charge >= 0.3 is 5.97 Å². The first-order valence-electron chi connectivity index (χ1n) is 10.3. The second kappa shape index (κ2) is 10.5. The number of esters is 1. The third-order valence-corrected chi connectivity index (χ3v) is 5.51. The number of anilines is 1. The van der Waals surface area contributed by atoms with Crippen LogP contribution < -0.4 is 15.6 Å². The molecule has 0 amide bonds. The zero-order chi connectivity index (χ0) is 24.0. The lowest BCUT2D eigenvalue weighted by Gasteiger charge is -2.45. The Morgan fingerprint density at radius 2 is 1.97 bits per heavy atom. The van der Waals surface area contributed by atoms with E-state index in [1.165, 1.54) is 32.0 Å². The number of ether oxygens (including phenoxy) is 4. The van der Waals surface area contributed by atoms with Gasteiger partial charge in [0.05, 0.1) is 50.1 Å². The van der Waals surface area contributed by atoms with Crippen LogP contribution in [0.5, 0.6) is 5.75 Å². The van der Waals surface area contributed by atoms with Gasteiger partial charge in [-0.15, -0.1) is 0 Å². The first-order chi connectivity index (χ1) is 15.9. The predicted octanol–water partition coefficient (Wildman–Crippen LogP) is 1.22. The van der Waals surface area contributed by atoms with Gasteiger partial charge in [-0.3, -0.25) is 9.59 Å². The summed E-state index contributed by atoms with van der Waals surface area (Å²) in [4.78, 5) is 23.7. The number of nitrogens with one attached hydrogen (secondary N) is 1. The molecular formula is C23H27N3O7. The van der Waals surface area contributed by atoms with Gasteiger partial charge < -0.3 is 33.9 Å². The van der Waals surface area contributed by atoms with Gasteiger partial charge in [-0.2, -0.15) is 5.26 Å². The molecule has 0 saturated heterocycles. The summed E-state index contributed by atoms with van der Waals surface area (Å²) >= 11 is 0. The van der Waals surface area contributed by atoms with E-state index in [4.69, 9.17) is 14.2 Å². The molecule has 2 N–H and O–H groups in total. The zero-order valence-electron chi connectivity index (χ0n) is 18.7. The number of carbonyl (C=O) groups excluding carboxylic acids is 1. The van der Waals surface area contributed by atoms with E-state index in [1.807, 2.05) is 0 Å². The second-order valence-corrected chi connectivity index (χ2v) is 7.74. The molecule has 1 aliphatic rings. The lowest BCUT2D eigenvalue weighted by atomic mass is 9.84. The molecule has 0 spiro atoms. The highest BCUT2D eigenvalue weighted by molar-refractivity contribution is 5.69. The van der Waals surface area contributed by atoms with Crippen molar-refractivity contribution >= 4 is 11.7 Å². The maximum absolute atomic E-state index is 12.2. The van der Waals surface area contributed by atoms with E-state index >= 15 is 0 Å². The molecule has 3 rings (SSSR count). The molecule has 2 atom stereocenters. The van der Waals surface area contributed by atoms with Crippen molar-refractivity contribution in [2.24, 2.45) is 0 Å². The molecule has 0 saturated carbocycles. The van der Waals surface area contributed by atoms with Gasteiger partial charge in [0.15, 0.2) is 5.60 Å². The molecule has 0 radical (unpaired) electrons. The van der Waals surface area contributed by atoms with Crippen molar-refractivity contribution in [1.82, 2.24) is 4.57 Å².